The van der Waals surface area contributed by atoms with E-state index in [4.69, 9.17) is 4.74 Å². The lowest BCUT2D eigenvalue weighted by Crippen LogP contribution is -2.45. The molecule has 2 amide bonds. The zero-order chi connectivity index (χ0) is 10.5. The van der Waals surface area contributed by atoms with Crippen LogP contribution < -0.4 is 5.32 Å². The smallest absolute Gasteiger partial charge is 0.317 e. The second-order valence-electron chi connectivity index (χ2n) is 3.24. The Bertz CT molecular complexity index is 309. The Hall–Kier alpha value is -1.14. The lowest BCUT2D eigenvalue weighted by atomic mass is 10.4. The Morgan fingerprint density at radius 1 is 1.60 bits per heavy atom. The van der Waals surface area contributed by atoms with Crippen LogP contribution in [0.2, 0.25) is 0 Å². The van der Waals surface area contributed by atoms with Gasteiger partial charge in [0.05, 0.1) is 31.0 Å². The third kappa shape index (κ3) is 2.90. The van der Waals surface area contributed by atoms with Crippen molar-refractivity contribution in [2.45, 2.75) is 6.54 Å². The van der Waals surface area contributed by atoms with Crippen LogP contribution in [0.4, 0.5) is 4.79 Å². The molecule has 0 unspecified atom stereocenters. The minimum Gasteiger partial charge on any atom is -0.378 e. The Labute approximate surface area is 92.1 Å². The number of thiazole rings is 1. The van der Waals surface area contributed by atoms with Gasteiger partial charge in [-0.2, -0.15) is 0 Å². The van der Waals surface area contributed by atoms with Gasteiger partial charge in [0.15, 0.2) is 0 Å². The summed E-state index contributed by atoms with van der Waals surface area (Å²) in [5, 5.41) is 4.76. The van der Waals surface area contributed by atoms with Crippen LogP contribution in [0, 0.1) is 0 Å². The van der Waals surface area contributed by atoms with Crippen LogP contribution in [0.25, 0.3) is 0 Å². The van der Waals surface area contributed by atoms with Crippen molar-refractivity contribution in [1.82, 2.24) is 15.2 Å². The Morgan fingerprint density at radius 2 is 2.40 bits per heavy atom. The number of morpholine rings is 1. The first-order valence-electron chi connectivity index (χ1n) is 4.84. The third-order valence-electron chi connectivity index (χ3n) is 2.20. The molecule has 6 heteroatoms. The SMILES string of the molecule is O=C(NCc1cscn1)N1CCOCC1. The van der Waals surface area contributed by atoms with Gasteiger partial charge in [0.25, 0.3) is 0 Å². The molecule has 1 fully saturated rings. The zero-order valence-corrected chi connectivity index (χ0v) is 9.13. The molecule has 1 saturated heterocycles. The Balaban J connectivity index is 1.76. The fourth-order valence-corrected chi connectivity index (χ4v) is 1.93. The van der Waals surface area contributed by atoms with Crippen LogP contribution >= 0.6 is 11.3 Å². The average Bonchev–Trinajstić information content (AvgIpc) is 2.80. The summed E-state index contributed by atoms with van der Waals surface area (Å²) in [6, 6.07) is -0.0358. The summed E-state index contributed by atoms with van der Waals surface area (Å²) in [6.07, 6.45) is 0. The summed E-state index contributed by atoms with van der Waals surface area (Å²) < 4.78 is 5.17. The predicted octanol–water partition coefficient (Wildman–Crippen LogP) is 0.685. The van der Waals surface area contributed by atoms with Gasteiger partial charge in [-0.25, -0.2) is 9.78 Å². The molecule has 1 aromatic heterocycles. The number of hydrogen-bond acceptors (Lipinski definition) is 4. The topological polar surface area (TPSA) is 54.5 Å². The summed E-state index contributed by atoms with van der Waals surface area (Å²) in [6.45, 7) is 3.10. The standard InChI is InChI=1S/C9H13N3O2S/c13-9(12-1-3-14-4-2-12)10-5-8-6-15-7-11-8/h6-7H,1-5H2,(H,10,13). The highest BCUT2D eigenvalue weighted by Gasteiger charge is 2.15. The average molecular weight is 227 g/mol. The van der Waals surface area contributed by atoms with Crippen LogP contribution in [-0.2, 0) is 11.3 Å². The highest BCUT2D eigenvalue weighted by atomic mass is 32.1. The number of nitrogens with zero attached hydrogens (tertiary/aromatic N) is 2. The van der Waals surface area contributed by atoms with Gasteiger partial charge in [0, 0.05) is 18.5 Å². The maximum atomic E-state index is 11.6. The van der Waals surface area contributed by atoms with Crippen molar-refractivity contribution in [3.8, 4) is 0 Å². The number of rotatable bonds is 2. The van der Waals surface area contributed by atoms with Crippen molar-refractivity contribution in [3.63, 3.8) is 0 Å². The molecule has 0 radical (unpaired) electrons. The second kappa shape index (κ2) is 5.09. The van der Waals surface area contributed by atoms with Crippen molar-refractivity contribution in [3.05, 3.63) is 16.6 Å². The third-order valence-corrected chi connectivity index (χ3v) is 2.84. The van der Waals surface area contributed by atoms with Crippen molar-refractivity contribution >= 4 is 17.4 Å². The molecule has 2 rings (SSSR count). The number of hydrogen-bond donors (Lipinski definition) is 1. The number of nitrogens with one attached hydrogen (secondary N) is 1. The molecule has 0 atom stereocenters. The molecule has 1 aliphatic heterocycles. The fraction of sp³-hybridized carbons (Fsp3) is 0.556. The molecule has 82 valence electrons. The molecular weight excluding hydrogens is 214 g/mol. The van der Waals surface area contributed by atoms with E-state index in [2.05, 4.69) is 10.3 Å². The van der Waals surface area contributed by atoms with Crippen LogP contribution in [0.5, 0.6) is 0 Å². The summed E-state index contributed by atoms with van der Waals surface area (Å²) in [5.74, 6) is 0. The van der Waals surface area contributed by atoms with Crippen molar-refractivity contribution in [2.24, 2.45) is 0 Å². The maximum absolute atomic E-state index is 11.6. The van der Waals surface area contributed by atoms with Crippen LogP contribution in [0.15, 0.2) is 10.9 Å². The van der Waals surface area contributed by atoms with E-state index in [9.17, 15) is 4.79 Å². The summed E-state index contributed by atoms with van der Waals surface area (Å²) in [7, 11) is 0. The maximum Gasteiger partial charge on any atom is 0.317 e. The number of amides is 2. The first-order valence-corrected chi connectivity index (χ1v) is 5.78. The fourth-order valence-electron chi connectivity index (χ4n) is 1.37. The highest BCUT2D eigenvalue weighted by molar-refractivity contribution is 7.07. The molecule has 0 bridgehead atoms. The van der Waals surface area contributed by atoms with Gasteiger partial charge >= 0.3 is 6.03 Å². The van der Waals surface area contributed by atoms with E-state index in [1.165, 1.54) is 11.3 Å². The number of aromatic nitrogens is 1. The Kier molecular flexibility index (Phi) is 3.52. The minimum atomic E-state index is -0.0358. The minimum absolute atomic E-state index is 0.0358. The van der Waals surface area contributed by atoms with Crippen molar-refractivity contribution in [2.75, 3.05) is 26.3 Å². The Morgan fingerprint density at radius 3 is 3.07 bits per heavy atom. The molecule has 1 N–H and O–H groups in total. The van der Waals surface area contributed by atoms with E-state index < -0.39 is 0 Å². The molecule has 0 spiro atoms. The zero-order valence-electron chi connectivity index (χ0n) is 8.31. The first kappa shape index (κ1) is 10.4. The molecule has 0 aromatic carbocycles. The largest absolute Gasteiger partial charge is 0.378 e. The number of ether oxygens (including phenoxy) is 1. The van der Waals surface area contributed by atoms with Crippen LogP contribution in [-0.4, -0.2) is 42.2 Å². The lowest BCUT2D eigenvalue weighted by Gasteiger charge is -2.26. The summed E-state index contributed by atoms with van der Waals surface area (Å²) in [5.41, 5.74) is 2.66. The first-order chi connectivity index (χ1) is 7.36. The van der Waals surface area contributed by atoms with Gasteiger partial charge in [-0.15, -0.1) is 11.3 Å². The van der Waals surface area contributed by atoms with Gasteiger partial charge in [-0.1, -0.05) is 0 Å². The van der Waals surface area contributed by atoms with Gasteiger partial charge in [-0.05, 0) is 0 Å². The molecule has 15 heavy (non-hydrogen) atoms. The second-order valence-corrected chi connectivity index (χ2v) is 3.96. The molecule has 5 nitrogen and oxygen atoms in total. The highest BCUT2D eigenvalue weighted by Crippen LogP contribution is 2.01. The monoisotopic (exact) mass is 227 g/mol. The van der Waals surface area contributed by atoms with E-state index in [1.807, 2.05) is 5.38 Å². The summed E-state index contributed by atoms with van der Waals surface area (Å²) >= 11 is 1.53. The van der Waals surface area contributed by atoms with Gasteiger partial charge in [-0.3, -0.25) is 0 Å². The molecule has 2 heterocycles. The van der Waals surface area contributed by atoms with Gasteiger partial charge in [0.1, 0.15) is 0 Å². The number of carbonyl (C=O) groups is 1. The van der Waals surface area contributed by atoms with Gasteiger partial charge < -0.3 is 15.0 Å². The van der Waals surface area contributed by atoms with Crippen molar-refractivity contribution in [1.29, 1.82) is 0 Å². The molecule has 1 aromatic rings. The normalized spacial score (nSPS) is 16.4. The van der Waals surface area contributed by atoms with E-state index >= 15 is 0 Å². The van der Waals surface area contributed by atoms with E-state index in [0.29, 0.717) is 32.8 Å². The molecule has 0 aliphatic carbocycles. The molecule has 1 aliphatic rings. The van der Waals surface area contributed by atoms with Gasteiger partial charge in [0.2, 0.25) is 0 Å². The van der Waals surface area contributed by atoms with E-state index in [0.717, 1.165) is 5.69 Å². The van der Waals surface area contributed by atoms with Crippen molar-refractivity contribution < 1.29 is 9.53 Å². The quantitative estimate of drug-likeness (QED) is 0.808. The molecular formula is C9H13N3O2S. The van der Waals surface area contributed by atoms with E-state index in [-0.39, 0.29) is 6.03 Å². The molecule has 0 saturated carbocycles. The predicted molar refractivity (Wildman–Crippen MR) is 56.7 cm³/mol. The summed E-state index contributed by atoms with van der Waals surface area (Å²) in [4.78, 5) is 17.5. The van der Waals surface area contributed by atoms with Crippen LogP contribution in [0.1, 0.15) is 5.69 Å². The number of carbonyl (C=O) groups excluding carboxylic acids is 1. The van der Waals surface area contributed by atoms with Crippen LogP contribution in [0.3, 0.4) is 0 Å². The van der Waals surface area contributed by atoms with E-state index in [1.54, 1.807) is 10.4 Å². The lowest BCUT2D eigenvalue weighted by molar-refractivity contribution is 0.0531. The number of urea groups is 1.